The fourth-order valence-corrected chi connectivity index (χ4v) is 4.41. The Balaban J connectivity index is 0.00000300. The van der Waals surface area contributed by atoms with Crippen molar-refractivity contribution in [3.8, 4) is 0 Å². The molecule has 1 aliphatic carbocycles. The van der Waals surface area contributed by atoms with E-state index in [9.17, 15) is 4.79 Å². The molecule has 3 rings (SSSR count). The molecule has 3 atom stereocenters. The van der Waals surface area contributed by atoms with Gasteiger partial charge in [0, 0.05) is 38.1 Å². The Labute approximate surface area is 181 Å². The second-order valence-corrected chi connectivity index (χ2v) is 8.96. The minimum Gasteiger partial charge on any atom is -0.378 e. The topological polar surface area (TPSA) is 64.8 Å². The van der Waals surface area contributed by atoms with E-state index in [-0.39, 0.29) is 35.9 Å². The zero-order valence-electron chi connectivity index (χ0n) is 18.3. The molecule has 6 heteroatoms. The average Bonchev–Trinajstić information content (AvgIpc) is 3.18. The smallest absolute Gasteiger partial charge is 0.243 e. The van der Waals surface area contributed by atoms with Gasteiger partial charge >= 0.3 is 0 Å². The van der Waals surface area contributed by atoms with E-state index in [1.165, 1.54) is 11.1 Å². The fraction of sp³-hybridized carbons (Fsp3) is 0.696. The number of carbonyl (C=O) groups is 1. The van der Waals surface area contributed by atoms with E-state index >= 15 is 0 Å². The van der Waals surface area contributed by atoms with Gasteiger partial charge in [0.2, 0.25) is 5.91 Å². The van der Waals surface area contributed by atoms with Gasteiger partial charge < -0.3 is 20.1 Å². The third-order valence-electron chi connectivity index (χ3n) is 6.74. The summed E-state index contributed by atoms with van der Waals surface area (Å²) in [6, 6.07) is 8.52. The van der Waals surface area contributed by atoms with E-state index in [1.54, 1.807) is 0 Å². The quantitative estimate of drug-likeness (QED) is 0.693. The van der Waals surface area contributed by atoms with E-state index in [1.807, 2.05) is 11.8 Å². The van der Waals surface area contributed by atoms with Crippen LogP contribution in [0.4, 0.5) is 0 Å². The lowest BCUT2D eigenvalue weighted by Crippen LogP contribution is -2.76. The van der Waals surface area contributed by atoms with E-state index < -0.39 is 5.54 Å². The molecule has 164 valence electrons. The minimum atomic E-state index is -0.876. The van der Waals surface area contributed by atoms with Crippen LogP contribution in [0.1, 0.15) is 51.2 Å². The van der Waals surface area contributed by atoms with Gasteiger partial charge in [-0.1, -0.05) is 43.7 Å². The number of aryl methyl sites for hydroxylation is 1. The van der Waals surface area contributed by atoms with Gasteiger partial charge in [-0.15, -0.1) is 12.4 Å². The SMILES string of the molecule is CCOC1CC(N)(C(=O)N(CCc2ccc(C)cc2)CC2CCCO2)C1(C)C.Cl. The second-order valence-electron chi connectivity index (χ2n) is 8.96. The summed E-state index contributed by atoms with van der Waals surface area (Å²) in [6.07, 6.45) is 3.64. The summed E-state index contributed by atoms with van der Waals surface area (Å²) in [4.78, 5) is 15.5. The first-order chi connectivity index (χ1) is 13.3. The van der Waals surface area contributed by atoms with Crippen molar-refractivity contribution in [2.75, 3.05) is 26.3 Å². The zero-order valence-corrected chi connectivity index (χ0v) is 19.1. The van der Waals surface area contributed by atoms with Crippen LogP contribution in [0, 0.1) is 12.3 Å². The van der Waals surface area contributed by atoms with Gasteiger partial charge in [-0.3, -0.25) is 4.79 Å². The number of halogens is 1. The normalized spacial score (nSPS) is 27.8. The molecule has 1 saturated carbocycles. The second kappa shape index (κ2) is 9.78. The Hall–Kier alpha value is -1.14. The molecule has 0 bridgehead atoms. The predicted octanol–water partition coefficient (Wildman–Crippen LogP) is 3.50. The number of nitrogens with two attached hydrogens (primary N) is 1. The van der Waals surface area contributed by atoms with Crippen molar-refractivity contribution in [2.24, 2.45) is 11.1 Å². The number of benzene rings is 1. The Morgan fingerprint density at radius 1 is 1.31 bits per heavy atom. The lowest BCUT2D eigenvalue weighted by molar-refractivity contribution is -0.180. The molecule has 2 N–H and O–H groups in total. The van der Waals surface area contributed by atoms with Crippen molar-refractivity contribution in [3.05, 3.63) is 35.4 Å². The summed E-state index contributed by atoms with van der Waals surface area (Å²) in [7, 11) is 0. The van der Waals surface area contributed by atoms with Gasteiger partial charge in [0.15, 0.2) is 0 Å². The molecule has 0 aromatic heterocycles. The van der Waals surface area contributed by atoms with Crippen LogP contribution in [0.15, 0.2) is 24.3 Å². The predicted molar refractivity (Wildman–Crippen MR) is 118 cm³/mol. The molecular weight excluding hydrogens is 388 g/mol. The summed E-state index contributed by atoms with van der Waals surface area (Å²) in [5.41, 5.74) is 7.93. The maximum atomic E-state index is 13.6. The lowest BCUT2D eigenvalue weighted by Gasteiger charge is -2.58. The Kier molecular flexibility index (Phi) is 8.14. The maximum absolute atomic E-state index is 13.6. The van der Waals surface area contributed by atoms with E-state index in [4.69, 9.17) is 15.2 Å². The van der Waals surface area contributed by atoms with Crippen LogP contribution in [0.5, 0.6) is 0 Å². The Morgan fingerprint density at radius 3 is 2.55 bits per heavy atom. The molecule has 29 heavy (non-hydrogen) atoms. The first-order valence-corrected chi connectivity index (χ1v) is 10.6. The van der Waals surface area contributed by atoms with Crippen LogP contribution in [-0.4, -0.2) is 54.9 Å². The van der Waals surface area contributed by atoms with Crippen molar-refractivity contribution in [1.29, 1.82) is 0 Å². The van der Waals surface area contributed by atoms with Gasteiger partial charge in [0.05, 0.1) is 12.2 Å². The minimum absolute atomic E-state index is 0. The van der Waals surface area contributed by atoms with Gasteiger partial charge in [0.1, 0.15) is 5.54 Å². The van der Waals surface area contributed by atoms with Crippen molar-refractivity contribution < 1.29 is 14.3 Å². The molecule has 1 amide bonds. The molecule has 5 nitrogen and oxygen atoms in total. The Bertz CT molecular complexity index is 673. The molecular formula is C23H37ClN2O3. The molecule has 1 aliphatic heterocycles. The summed E-state index contributed by atoms with van der Waals surface area (Å²) < 4.78 is 11.6. The highest BCUT2D eigenvalue weighted by molar-refractivity contribution is 5.89. The molecule has 1 heterocycles. The van der Waals surface area contributed by atoms with E-state index in [0.717, 1.165) is 25.9 Å². The molecule has 0 spiro atoms. The van der Waals surface area contributed by atoms with Crippen LogP contribution in [-0.2, 0) is 20.7 Å². The van der Waals surface area contributed by atoms with Gasteiger partial charge in [0.25, 0.3) is 0 Å². The molecule has 1 aromatic rings. The number of hydrogen-bond donors (Lipinski definition) is 1. The van der Waals surface area contributed by atoms with Crippen molar-refractivity contribution in [2.45, 2.75) is 71.1 Å². The summed E-state index contributed by atoms with van der Waals surface area (Å²) in [5.74, 6) is 0.0380. The average molecular weight is 425 g/mol. The maximum Gasteiger partial charge on any atom is 0.243 e. The first kappa shape index (κ1) is 24.1. The number of carbonyl (C=O) groups excluding carboxylic acids is 1. The van der Waals surface area contributed by atoms with Crippen molar-refractivity contribution in [3.63, 3.8) is 0 Å². The number of rotatable bonds is 8. The standard InChI is InChI=1S/C23H36N2O3.ClH/c1-5-27-20-15-23(24,22(20,3)4)21(26)25(16-19-7-6-14-28-19)13-12-18-10-8-17(2)9-11-18;/h8-11,19-20H,5-7,12-16,24H2,1-4H3;1H. The number of nitrogens with zero attached hydrogens (tertiary/aromatic N) is 1. The summed E-state index contributed by atoms with van der Waals surface area (Å²) in [5, 5.41) is 0. The number of ether oxygens (including phenoxy) is 2. The highest BCUT2D eigenvalue weighted by atomic mass is 35.5. The number of amides is 1. The lowest BCUT2D eigenvalue weighted by atomic mass is 9.54. The number of hydrogen-bond acceptors (Lipinski definition) is 4. The van der Waals surface area contributed by atoms with E-state index in [2.05, 4.69) is 45.0 Å². The molecule has 2 aliphatic rings. The molecule has 1 aromatic carbocycles. The monoisotopic (exact) mass is 424 g/mol. The highest BCUT2D eigenvalue weighted by Gasteiger charge is 2.63. The van der Waals surface area contributed by atoms with Crippen molar-refractivity contribution in [1.82, 2.24) is 4.90 Å². The van der Waals surface area contributed by atoms with Crippen LogP contribution >= 0.6 is 12.4 Å². The third kappa shape index (κ3) is 4.96. The largest absolute Gasteiger partial charge is 0.378 e. The molecule has 2 fully saturated rings. The van der Waals surface area contributed by atoms with Gasteiger partial charge in [-0.05, 0) is 38.7 Å². The summed E-state index contributed by atoms with van der Waals surface area (Å²) >= 11 is 0. The van der Waals surface area contributed by atoms with Crippen LogP contribution in [0.2, 0.25) is 0 Å². The zero-order chi connectivity index (χ0) is 20.4. The molecule has 0 radical (unpaired) electrons. The van der Waals surface area contributed by atoms with E-state index in [0.29, 0.717) is 26.1 Å². The van der Waals surface area contributed by atoms with Crippen LogP contribution in [0.3, 0.4) is 0 Å². The van der Waals surface area contributed by atoms with Gasteiger partial charge in [-0.2, -0.15) is 0 Å². The summed E-state index contributed by atoms with van der Waals surface area (Å²) in [6.45, 7) is 10.9. The van der Waals surface area contributed by atoms with Gasteiger partial charge in [-0.25, -0.2) is 0 Å². The van der Waals surface area contributed by atoms with Crippen LogP contribution in [0.25, 0.3) is 0 Å². The Morgan fingerprint density at radius 2 is 2.00 bits per heavy atom. The van der Waals surface area contributed by atoms with Crippen LogP contribution < -0.4 is 5.73 Å². The third-order valence-corrected chi connectivity index (χ3v) is 6.74. The molecule has 3 unspecified atom stereocenters. The van der Waals surface area contributed by atoms with Crippen molar-refractivity contribution >= 4 is 18.3 Å². The molecule has 1 saturated heterocycles. The highest BCUT2D eigenvalue weighted by Crippen LogP contribution is 2.50. The first-order valence-electron chi connectivity index (χ1n) is 10.6. The fourth-order valence-electron chi connectivity index (χ4n) is 4.41.